The van der Waals surface area contributed by atoms with Crippen molar-refractivity contribution in [2.45, 2.75) is 18.4 Å². The Balaban J connectivity index is 1.31. The Kier molecular flexibility index (Phi) is 10.3. The fourth-order valence-electron chi connectivity index (χ4n) is 4.24. The summed E-state index contributed by atoms with van der Waals surface area (Å²) in [5.41, 5.74) is 2.87. The fraction of sp³-hybridized carbons (Fsp3) is 0.0909. The summed E-state index contributed by atoms with van der Waals surface area (Å²) in [5, 5.41) is 16.7. The zero-order valence-electron chi connectivity index (χ0n) is 24.6. The van der Waals surface area contributed by atoms with Crippen molar-refractivity contribution < 1.29 is 27.2 Å². The van der Waals surface area contributed by atoms with Crippen LogP contribution in [0.5, 0.6) is 5.75 Å². The molecule has 0 unspecified atom stereocenters. The zero-order chi connectivity index (χ0) is 32.5. The third kappa shape index (κ3) is 8.69. The van der Waals surface area contributed by atoms with Crippen LogP contribution in [0.3, 0.4) is 0 Å². The maximum atomic E-state index is 13.6. The largest absolute Gasteiger partial charge is 0.483 e. The molecule has 1 aliphatic heterocycles. The molecule has 1 saturated heterocycles. The molecule has 0 aliphatic carbocycles. The second kappa shape index (κ2) is 14.7. The quantitative estimate of drug-likeness (QED) is 0.123. The highest BCUT2D eigenvalue weighted by atomic mass is 32.2. The van der Waals surface area contributed by atoms with Crippen LogP contribution in [0.4, 0.5) is 5.69 Å². The number of nitrogens with one attached hydrogen (secondary N) is 1. The Bertz CT molecular complexity index is 1940. The number of hydrogen-bond acceptors (Lipinski definition) is 9. The summed E-state index contributed by atoms with van der Waals surface area (Å²) < 4.78 is 34.2. The van der Waals surface area contributed by atoms with Gasteiger partial charge in [0.15, 0.2) is 11.8 Å². The third-order valence-electron chi connectivity index (χ3n) is 6.41. The summed E-state index contributed by atoms with van der Waals surface area (Å²) in [4.78, 5) is 27.9. The Morgan fingerprint density at radius 3 is 2.48 bits per heavy atom. The Hall–Kier alpha value is -5.24. The molecule has 11 nitrogen and oxygen atoms in total. The Labute approximate surface area is 270 Å². The number of rotatable bonds is 11. The molecule has 0 bridgehead atoms. The van der Waals surface area contributed by atoms with E-state index in [-0.39, 0.29) is 24.0 Å². The van der Waals surface area contributed by atoms with E-state index in [0.717, 1.165) is 22.9 Å². The SMILES string of the molecule is CC(/C=N/N=C1\S/C(=C\c2ccccc2OCC(=O)Nc2ccc(S(N)(=O)=O)cc2)C(=O)N1Cc1ccco1)=C\c1ccccc1. The normalized spacial score (nSPS) is 15.7. The van der Waals surface area contributed by atoms with E-state index in [1.807, 2.05) is 43.3 Å². The van der Waals surface area contributed by atoms with Crippen molar-refractivity contribution >= 4 is 62.8 Å². The van der Waals surface area contributed by atoms with E-state index in [9.17, 15) is 18.0 Å². The molecule has 0 atom stereocenters. The van der Waals surface area contributed by atoms with Gasteiger partial charge in [-0.1, -0.05) is 54.6 Å². The smallest absolute Gasteiger partial charge is 0.267 e. The van der Waals surface area contributed by atoms with E-state index in [2.05, 4.69) is 15.5 Å². The summed E-state index contributed by atoms with van der Waals surface area (Å²) in [7, 11) is -3.85. The summed E-state index contributed by atoms with van der Waals surface area (Å²) in [6, 6.07) is 25.8. The summed E-state index contributed by atoms with van der Waals surface area (Å²) in [5.74, 6) is 0.208. The Morgan fingerprint density at radius 2 is 1.76 bits per heavy atom. The lowest BCUT2D eigenvalue weighted by molar-refractivity contribution is -0.122. The molecule has 4 aromatic rings. The van der Waals surface area contributed by atoms with Crippen molar-refractivity contribution in [3.8, 4) is 5.75 Å². The second-order valence-electron chi connectivity index (χ2n) is 9.95. The topological polar surface area (TPSA) is 157 Å². The van der Waals surface area contributed by atoms with Crippen molar-refractivity contribution in [2.75, 3.05) is 11.9 Å². The first kappa shape index (κ1) is 32.2. The van der Waals surface area contributed by atoms with E-state index >= 15 is 0 Å². The summed E-state index contributed by atoms with van der Waals surface area (Å²) >= 11 is 1.16. The molecule has 13 heteroatoms. The number of allylic oxidation sites excluding steroid dienone is 1. The number of hydrogen-bond donors (Lipinski definition) is 2. The van der Waals surface area contributed by atoms with Gasteiger partial charge in [-0.2, -0.15) is 5.10 Å². The van der Waals surface area contributed by atoms with Crippen LogP contribution in [-0.2, 0) is 26.2 Å². The molecule has 234 valence electrons. The molecule has 5 rings (SSSR count). The monoisotopic (exact) mass is 655 g/mol. The maximum Gasteiger partial charge on any atom is 0.267 e. The van der Waals surface area contributed by atoms with Crippen molar-refractivity contribution in [3.63, 3.8) is 0 Å². The van der Waals surface area contributed by atoms with Gasteiger partial charge in [0.1, 0.15) is 11.5 Å². The number of carbonyl (C=O) groups is 2. The van der Waals surface area contributed by atoms with E-state index in [4.69, 9.17) is 14.3 Å². The van der Waals surface area contributed by atoms with E-state index < -0.39 is 15.9 Å². The van der Waals surface area contributed by atoms with Gasteiger partial charge in [0.05, 0.1) is 28.8 Å². The second-order valence-corrected chi connectivity index (χ2v) is 12.5. The van der Waals surface area contributed by atoms with Gasteiger partial charge in [0, 0.05) is 11.3 Å². The standard InChI is InChI=1S/C33H29N5O6S2/c1-23(18-24-8-3-2-4-9-24)20-35-37-33-38(21-27-11-7-17-43-27)32(40)30(45-33)19-25-10-5-6-12-29(25)44-22-31(39)36-26-13-15-28(16-14-26)46(34,41)42/h2-20H,21-22H2,1H3,(H,36,39)(H2,34,41,42)/b23-18+,30-19-,35-20+,37-33-. The van der Waals surface area contributed by atoms with Crippen LogP contribution in [-0.4, -0.2) is 43.1 Å². The third-order valence-corrected chi connectivity index (χ3v) is 8.34. The first-order chi connectivity index (χ1) is 22.2. The van der Waals surface area contributed by atoms with Crippen LogP contribution < -0.4 is 15.2 Å². The molecule has 2 amide bonds. The van der Waals surface area contributed by atoms with Crippen molar-refractivity contribution in [1.82, 2.24) is 4.90 Å². The zero-order valence-corrected chi connectivity index (χ0v) is 26.2. The number of amidine groups is 1. The van der Waals surface area contributed by atoms with Gasteiger partial charge >= 0.3 is 0 Å². The van der Waals surface area contributed by atoms with Gasteiger partial charge in [-0.25, -0.2) is 13.6 Å². The molecular formula is C33H29N5O6S2. The van der Waals surface area contributed by atoms with Gasteiger partial charge in [-0.3, -0.25) is 14.5 Å². The molecule has 0 spiro atoms. The number of nitrogens with two attached hydrogens (primary N) is 1. The van der Waals surface area contributed by atoms with Gasteiger partial charge < -0.3 is 14.5 Å². The molecule has 3 aromatic carbocycles. The molecule has 1 aliphatic rings. The summed E-state index contributed by atoms with van der Waals surface area (Å²) in [6.45, 7) is 1.75. The summed E-state index contributed by atoms with van der Waals surface area (Å²) in [6.07, 6.45) is 6.81. The van der Waals surface area contributed by atoms with Crippen molar-refractivity contribution in [2.24, 2.45) is 15.3 Å². The number of furan rings is 1. The number of amides is 2. The lowest BCUT2D eigenvalue weighted by Crippen LogP contribution is -2.28. The first-order valence-electron chi connectivity index (χ1n) is 13.9. The number of primary sulfonamides is 1. The molecule has 1 fully saturated rings. The predicted molar refractivity (Wildman–Crippen MR) is 179 cm³/mol. The highest BCUT2D eigenvalue weighted by molar-refractivity contribution is 8.18. The van der Waals surface area contributed by atoms with Crippen molar-refractivity contribution in [3.05, 3.63) is 125 Å². The number of thioether (sulfide) groups is 1. The van der Waals surface area contributed by atoms with Gasteiger partial charge in [-0.15, -0.1) is 5.10 Å². The van der Waals surface area contributed by atoms with E-state index in [1.54, 1.807) is 48.7 Å². The average molecular weight is 656 g/mol. The van der Waals surface area contributed by atoms with Crippen LogP contribution >= 0.6 is 11.8 Å². The Morgan fingerprint density at radius 1 is 1.02 bits per heavy atom. The number of ether oxygens (including phenoxy) is 1. The molecule has 1 aromatic heterocycles. The minimum Gasteiger partial charge on any atom is -0.483 e. The van der Waals surface area contributed by atoms with Crippen LogP contribution in [0.1, 0.15) is 23.8 Å². The number of carbonyl (C=O) groups excluding carboxylic acids is 2. The fourth-order valence-corrected chi connectivity index (χ4v) is 5.68. The molecule has 0 saturated carbocycles. The highest BCUT2D eigenvalue weighted by Crippen LogP contribution is 2.35. The highest BCUT2D eigenvalue weighted by Gasteiger charge is 2.34. The molecule has 0 radical (unpaired) electrons. The van der Waals surface area contributed by atoms with Crippen LogP contribution in [0.15, 0.2) is 127 Å². The van der Waals surface area contributed by atoms with Gasteiger partial charge in [-0.05, 0) is 78.4 Å². The number of benzene rings is 3. The van der Waals surface area contributed by atoms with Gasteiger partial charge in [0.25, 0.3) is 11.8 Å². The first-order valence-corrected chi connectivity index (χ1v) is 16.2. The molecule has 46 heavy (non-hydrogen) atoms. The molecule has 2 heterocycles. The van der Waals surface area contributed by atoms with Crippen LogP contribution in [0, 0.1) is 0 Å². The van der Waals surface area contributed by atoms with E-state index in [0.29, 0.717) is 32.8 Å². The molecular weight excluding hydrogens is 627 g/mol. The number of sulfonamides is 1. The predicted octanol–water partition coefficient (Wildman–Crippen LogP) is 5.51. The average Bonchev–Trinajstić information content (AvgIpc) is 3.65. The van der Waals surface area contributed by atoms with Crippen LogP contribution in [0.25, 0.3) is 12.2 Å². The minimum absolute atomic E-state index is 0.0687. The van der Waals surface area contributed by atoms with Crippen molar-refractivity contribution in [1.29, 1.82) is 0 Å². The lowest BCUT2D eigenvalue weighted by atomic mass is 10.1. The van der Waals surface area contributed by atoms with Gasteiger partial charge in [0.2, 0.25) is 10.0 Å². The van der Waals surface area contributed by atoms with Crippen LogP contribution in [0.2, 0.25) is 0 Å². The maximum absolute atomic E-state index is 13.6. The lowest BCUT2D eigenvalue weighted by Gasteiger charge is -2.12. The number of nitrogens with zero attached hydrogens (tertiary/aromatic N) is 3. The molecule has 3 N–H and O–H groups in total. The minimum atomic E-state index is -3.85. The number of anilines is 1. The number of para-hydroxylation sites is 1. The van der Waals surface area contributed by atoms with E-state index in [1.165, 1.54) is 35.4 Å².